The Kier molecular flexibility index (Phi) is 5.52. The highest BCUT2D eigenvalue weighted by Crippen LogP contribution is 2.29. The molecule has 0 radical (unpaired) electrons. The van der Waals surface area contributed by atoms with E-state index in [1.165, 1.54) is 16.7 Å². The first-order valence-corrected chi connectivity index (χ1v) is 11.4. The van der Waals surface area contributed by atoms with E-state index in [4.69, 9.17) is 0 Å². The van der Waals surface area contributed by atoms with Gasteiger partial charge in [-0.15, -0.1) is 0 Å². The molecule has 2 heterocycles. The first kappa shape index (κ1) is 20.5. The quantitative estimate of drug-likeness (QED) is 0.682. The normalized spacial score (nSPS) is 18.0. The third-order valence-corrected chi connectivity index (χ3v) is 6.45. The Morgan fingerprint density at radius 1 is 1.09 bits per heavy atom. The maximum absolute atomic E-state index is 13.2. The summed E-state index contributed by atoms with van der Waals surface area (Å²) in [6.45, 7) is 3.92. The van der Waals surface area contributed by atoms with Crippen molar-refractivity contribution >= 4 is 11.8 Å². The maximum atomic E-state index is 13.2. The SMILES string of the molecule is Cc1cccc(CN2CCCn3nc(C(=O)N[C@H]4CCCc5ccccc54)cc3C2=O)c1. The van der Waals surface area contributed by atoms with Gasteiger partial charge in [0, 0.05) is 25.7 Å². The van der Waals surface area contributed by atoms with Crippen LogP contribution in [0.2, 0.25) is 0 Å². The number of carbonyl (C=O) groups is 2. The van der Waals surface area contributed by atoms with Gasteiger partial charge in [0.05, 0.1) is 6.04 Å². The fourth-order valence-corrected chi connectivity index (χ4v) is 4.86. The first-order valence-electron chi connectivity index (χ1n) is 11.4. The highest BCUT2D eigenvalue weighted by Gasteiger charge is 2.28. The van der Waals surface area contributed by atoms with Crippen LogP contribution in [0.15, 0.2) is 54.6 Å². The molecule has 1 aromatic heterocycles. The van der Waals surface area contributed by atoms with E-state index >= 15 is 0 Å². The summed E-state index contributed by atoms with van der Waals surface area (Å²) >= 11 is 0. The van der Waals surface area contributed by atoms with Crippen LogP contribution < -0.4 is 5.32 Å². The molecule has 1 aliphatic carbocycles. The lowest BCUT2D eigenvalue weighted by Gasteiger charge is -2.26. The number of aryl methyl sites for hydroxylation is 3. The maximum Gasteiger partial charge on any atom is 0.272 e. The summed E-state index contributed by atoms with van der Waals surface area (Å²) in [5.74, 6) is -0.288. The largest absolute Gasteiger partial charge is 0.344 e. The zero-order chi connectivity index (χ0) is 22.1. The van der Waals surface area contributed by atoms with Gasteiger partial charge in [-0.05, 0) is 49.3 Å². The van der Waals surface area contributed by atoms with E-state index in [0.29, 0.717) is 31.0 Å². The average molecular weight is 429 g/mol. The molecule has 1 N–H and O–H groups in total. The van der Waals surface area contributed by atoms with E-state index in [2.05, 4.69) is 41.6 Å². The molecular weight excluding hydrogens is 400 g/mol. The molecule has 0 unspecified atom stereocenters. The predicted octanol–water partition coefficient (Wildman–Crippen LogP) is 4.05. The molecule has 6 nitrogen and oxygen atoms in total. The number of hydrogen-bond acceptors (Lipinski definition) is 3. The van der Waals surface area contributed by atoms with Crippen LogP contribution >= 0.6 is 0 Å². The summed E-state index contributed by atoms with van der Waals surface area (Å²) in [4.78, 5) is 28.1. The van der Waals surface area contributed by atoms with Crippen molar-refractivity contribution in [2.75, 3.05) is 6.54 Å². The zero-order valence-electron chi connectivity index (χ0n) is 18.4. The third kappa shape index (κ3) is 4.05. The summed E-state index contributed by atoms with van der Waals surface area (Å²) in [6.07, 6.45) is 3.82. The number of carbonyl (C=O) groups excluding carboxylic acids is 2. The van der Waals surface area contributed by atoms with Gasteiger partial charge in [-0.1, -0.05) is 54.1 Å². The van der Waals surface area contributed by atoms with Crippen molar-refractivity contribution in [1.82, 2.24) is 20.0 Å². The number of benzene rings is 2. The summed E-state index contributed by atoms with van der Waals surface area (Å²) < 4.78 is 1.70. The number of hydrogen-bond donors (Lipinski definition) is 1. The van der Waals surface area contributed by atoms with Crippen LogP contribution in [0, 0.1) is 6.92 Å². The first-order chi connectivity index (χ1) is 15.6. The number of rotatable bonds is 4. The van der Waals surface area contributed by atoms with Crippen LogP contribution in [0.25, 0.3) is 0 Å². The van der Waals surface area contributed by atoms with Crippen LogP contribution in [0.1, 0.15) is 68.5 Å². The third-order valence-electron chi connectivity index (χ3n) is 6.45. The lowest BCUT2D eigenvalue weighted by Crippen LogP contribution is -2.31. The molecule has 1 atom stereocenters. The summed E-state index contributed by atoms with van der Waals surface area (Å²) in [6, 6.07) is 18.2. The topological polar surface area (TPSA) is 67.2 Å². The molecule has 0 bridgehead atoms. The van der Waals surface area contributed by atoms with Crippen molar-refractivity contribution in [3.63, 3.8) is 0 Å². The molecule has 2 aliphatic rings. The summed E-state index contributed by atoms with van der Waals surface area (Å²) in [7, 11) is 0. The minimum Gasteiger partial charge on any atom is -0.344 e. The number of fused-ring (bicyclic) bond motifs is 2. The van der Waals surface area contributed by atoms with E-state index < -0.39 is 0 Å². The van der Waals surface area contributed by atoms with Crippen LogP contribution in [0.3, 0.4) is 0 Å². The van der Waals surface area contributed by atoms with Gasteiger partial charge < -0.3 is 10.2 Å². The Labute approximate surface area is 188 Å². The van der Waals surface area contributed by atoms with E-state index in [1.54, 1.807) is 10.7 Å². The van der Waals surface area contributed by atoms with Crippen molar-refractivity contribution in [2.45, 2.75) is 51.7 Å². The molecule has 32 heavy (non-hydrogen) atoms. The minimum atomic E-state index is -0.217. The Bertz CT molecular complexity index is 1170. The lowest BCUT2D eigenvalue weighted by atomic mass is 9.87. The number of amides is 2. The molecule has 0 fully saturated rings. The van der Waals surface area contributed by atoms with Crippen molar-refractivity contribution in [3.8, 4) is 0 Å². The van der Waals surface area contributed by atoms with Crippen molar-refractivity contribution < 1.29 is 9.59 Å². The van der Waals surface area contributed by atoms with Crippen LogP contribution in [-0.2, 0) is 19.5 Å². The van der Waals surface area contributed by atoms with Crippen LogP contribution in [-0.4, -0.2) is 33.0 Å². The molecule has 0 spiro atoms. The molecule has 0 saturated carbocycles. The highest BCUT2D eigenvalue weighted by atomic mass is 16.2. The van der Waals surface area contributed by atoms with Gasteiger partial charge >= 0.3 is 0 Å². The van der Waals surface area contributed by atoms with Gasteiger partial charge in [0.2, 0.25) is 0 Å². The van der Waals surface area contributed by atoms with Crippen molar-refractivity contribution in [2.24, 2.45) is 0 Å². The van der Waals surface area contributed by atoms with Gasteiger partial charge in [-0.25, -0.2) is 0 Å². The Hall–Kier alpha value is -3.41. The zero-order valence-corrected chi connectivity index (χ0v) is 18.4. The Balaban J connectivity index is 1.34. The second-order valence-corrected chi connectivity index (χ2v) is 8.82. The molecule has 0 saturated heterocycles. The molecule has 2 amide bonds. The number of nitrogens with one attached hydrogen (secondary N) is 1. The van der Waals surface area contributed by atoms with Gasteiger partial charge in [0.1, 0.15) is 5.69 Å². The smallest absolute Gasteiger partial charge is 0.272 e. The molecule has 2 aromatic carbocycles. The second-order valence-electron chi connectivity index (χ2n) is 8.82. The van der Waals surface area contributed by atoms with Crippen LogP contribution in [0.4, 0.5) is 0 Å². The van der Waals surface area contributed by atoms with Crippen LogP contribution in [0.5, 0.6) is 0 Å². The minimum absolute atomic E-state index is 0.0116. The number of aromatic nitrogens is 2. The van der Waals surface area contributed by atoms with E-state index in [1.807, 2.05) is 29.2 Å². The van der Waals surface area contributed by atoms with Crippen molar-refractivity contribution in [3.05, 3.63) is 88.2 Å². The average Bonchev–Trinajstić information content (AvgIpc) is 3.17. The predicted molar refractivity (Wildman–Crippen MR) is 122 cm³/mol. The lowest BCUT2D eigenvalue weighted by molar-refractivity contribution is 0.0745. The number of nitrogens with zero attached hydrogens (tertiary/aromatic N) is 3. The van der Waals surface area contributed by atoms with E-state index in [-0.39, 0.29) is 17.9 Å². The molecule has 164 valence electrons. The van der Waals surface area contributed by atoms with E-state index in [9.17, 15) is 9.59 Å². The standard InChI is InChI=1S/C26H28N4O2/c1-18-7-4-8-19(15-18)17-29-13-6-14-30-24(26(29)32)16-23(28-30)25(31)27-22-12-5-10-20-9-2-3-11-21(20)22/h2-4,7-9,11,15-16,22H,5-6,10,12-14,17H2,1H3,(H,27,31)/t22-/m0/s1. The van der Waals surface area contributed by atoms with E-state index in [0.717, 1.165) is 31.2 Å². The molecule has 5 rings (SSSR count). The molecule has 3 aromatic rings. The van der Waals surface area contributed by atoms with Gasteiger partial charge in [0.15, 0.2) is 5.69 Å². The summed E-state index contributed by atoms with van der Waals surface area (Å²) in [5, 5.41) is 7.64. The van der Waals surface area contributed by atoms with Crippen molar-refractivity contribution in [1.29, 1.82) is 0 Å². The molecule has 6 heteroatoms. The molecular formula is C26H28N4O2. The Morgan fingerprint density at radius 3 is 2.84 bits per heavy atom. The Morgan fingerprint density at radius 2 is 1.97 bits per heavy atom. The highest BCUT2D eigenvalue weighted by molar-refractivity contribution is 5.98. The van der Waals surface area contributed by atoms with Gasteiger partial charge in [-0.3, -0.25) is 14.3 Å². The fourth-order valence-electron chi connectivity index (χ4n) is 4.86. The van der Waals surface area contributed by atoms with Gasteiger partial charge in [0.25, 0.3) is 11.8 Å². The second kappa shape index (κ2) is 8.61. The molecule has 1 aliphatic heterocycles. The van der Waals surface area contributed by atoms with Gasteiger partial charge in [-0.2, -0.15) is 5.10 Å². The summed E-state index contributed by atoms with van der Waals surface area (Å²) in [5.41, 5.74) is 5.58. The monoisotopic (exact) mass is 428 g/mol. The fraction of sp³-hybridized carbons (Fsp3) is 0.346.